The highest BCUT2D eigenvalue weighted by atomic mass is 16.6. The van der Waals surface area contributed by atoms with Crippen molar-refractivity contribution >= 4 is 17.3 Å². The summed E-state index contributed by atoms with van der Waals surface area (Å²) in [5, 5.41) is 13.6. The zero-order valence-corrected chi connectivity index (χ0v) is 13.1. The third-order valence-electron chi connectivity index (χ3n) is 3.47. The average Bonchev–Trinajstić information content (AvgIpc) is 2.44. The Morgan fingerprint density at radius 3 is 2.52 bits per heavy atom. The molecule has 7 nitrogen and oxygen atoms in total. The van der Waals surface area contributed by atoms with Crippen LogP contribution in [0.25, 0.3) is 0 Å². The summed E-state index contributed by atoms with van der Waals surface area (Å²) in [6.07, 6.45) is 1.10. The molecule has 0 spiro atoms. The number of rotatable bonds is 4. The van der Waals surface area contributed by atoms with Crippen molar-refractivity contribution in [3.63, 3.8) is 0 Å². The highest BCUT2D eigenvalue weighted by Gasteiger charge is 2.15. The van der Waals surface area contributed by atoms with Crippen LogP contribution in [0.2, 0.25) is 0 Å². The first kappa shape index (κ1) is 16.4. The van der Waals surface area contributed by atoms with Gasteiger partial charge in [0.2, 0.25) is 5.91 Å². The lowest BCUT2D eigenvalue weighted by Gasteiger charge is -2.10. The number of hydrogen-bond donors (Lipinski definition) is 1. The topological polar surface area (TPSA) is 94.2 Å². The molecule has 2 rings (SSSR count). The quantitative estimate of drug-likeness (QED) is 0.692. The van der Waals surface area contributed by atoms with E-state index in [1.165, 1.54) is 6.92 Å². The van der Waals surface area contributed by atoms with Crippen LogP contribution >= 0.6 is 0 Å². The molecule has 0 saturated carbocycles. The van der Waals surface area contributed by atoms with Gasteiger partial charge in [-0.3, -0.25) is 24.3 Å². The van der Waals surface area contributed by atoms with Crippen LogP contribution in [0.5, 0.6) is 0 Å². The molecule has 0 fully saturated rings. The van der Waals surface area contributed by atoms with Gasteiger partial charge >= 0.3 is 0 Å². The standard InChI is InChI=1S/C16H17N3O4/c1-10-4-5-13(11(2)6-10)17-15(20)9-18-8-14(19(22)23)12(3)7-16(18)21/h4-8H,9H2,1-3H3,(H,17,20). The molecule has 0 aliphatic rings. The van der Waals surface area contributed by atoms with Crippen LogP contribution in [-0.4, -0.2) is 15.4 Å². The third kappa shape index (κ3) is 3.82. The number of amides is 1. The number of nitrogens with one attached hydrogen (secondary N) is 1. The summed E-state index contributed by atoms with van der Waals surface area (Å²) in [4.78, 5) is 34.3. The summed E-state index contributed by atoms with van der Waals surface area (Å²) in [7, 11) is 0. The SMILES string of the molecule is Cc1ccc(NC(=O)Cn2cc([N+](=O)[O-])c(C)cc2=O)c(C)c1. The van der Waals surface area contributed by atoms with Gasteiger partial charge in [-0.1, -0.05) is 17.7 Å². The maximum Gasteiger partial charge on any atom is 0.288 e. The average molecular weight is 315 g/mol. The van der Waals surface area contributed by atoms with Crippen LogP contribution in [0.15, 0.2) is 35.3 Å². The third-order valence-corrected chi connectivity index (χ3v) is 3.47. The summed E-state index contributed by atoms with van der Waals surface area (Å²) in [6, 6.07) is 6.73. The number of anilines is 1. The summed E-state index contributed by atoms with van der Waals surface area (Å²) in [5.74, 6) is -0.419. The van der Waals surface area contributed by atoms with Gasteiger partial charge < -0.3 is 5.32 Å². The van der Waals surface area contributed by atoms with Gasteiger partial charge in [-0.05, 0) is 32.4 Å². The van der Waals surface area contributed by atoms with Crippen molar-refractivity contribution in [2.75, 3.05) is 5.32 Å². The van der Waals surface area contributed by atoms with Crippen molar-refractivity contribution in [3.05, 3.63) is 67.6 Å². The van der Waals surface area contributed by atoms with Crippen molar-refractivity contribution in [3.8, 4) is 0 Å². The lowest BCUT2D eigenvalue weighted by molar-refractivity contribution is -0.385. The van der Waals surface area contributed by atoms with Gasteiger partial charge in [0, 0.05) is 17.3 Å². The monoisotopic (exact) mass is 315 g/mol. The number of pyridine rings is 1. The molecule has 7 heteroatoms. The second-order valence-corrected chi connectivity index (χ2v) is 5.43. The van der Waals surface area contributed by atoms with Crippen LogP contribution in [0.3, 0.4) is 0 Å². The van der Waals surface area contributed by atoms with Crippen LogP contribution < -0.4 is 10.9 Å². The van der Waals surface area contributed by atoms with E-state index >= 15 is 0 Å². The van der Waals surface area contributed by atoms with Crippen LogP contribution in [0.1, 0.15) is 16.7 Å². The molecule has 1 amide bonds. The van der Waals surface area contributed by atoms with Gasteiger partial charge in [0.25, 0.3) is 11.2 Å². The highest BCUT2D eigenvalue weighted by Crippen LogP contribution is 2.17. The van der Waals surface area contributed by atoms with E-state index in [4.69, 9.17) is 0 Å². The van der Waals surface area contributed by atoms with Gasteiger partial charge in [-0.2, -0.15) is 0 Å². The highest BCUT2D eigenvalue weighted by molar-refractivity contribution is 5.91. The number of benzene rings is 1. The van der Waals surface area contributed by atoms with E-state index in [9.17, 15) is 19.7 Å². The van der Waals surface area contributed by atoms with E-state index in [2.05, 4.69) is 5.32 Å². The Hall–Kier alpha value is -2.96. The second-order valence-electron chi connectivity index (χ2n) is 5.43. The number of aryl methyl sites for hydroxylation is 3. The van der Waals surface area contributed by atoms with E-state index in [0.29, 0.717) is 5.69 Å². The number of carbonyl (C=O) groups excluding carboxylic acids is 1. The first-order chi connectivity index (χ1) is 10.8. The normalized spacial score (nSPS) is 10.4. The fourth-order valence-corrected chi connectivity index (χ4v) is 2.27. The lowest BCUT2D eigenvalue weighted by atomic mass is 10.1. The number of nitrogens with zero attached hydrogens (tertiary/aromatic N) is 2. The number of nitro groups is 1. The molecule has 1 N–H and O–H groups in total. The van der Waals surface area contributed by atoms with Gasteiger partial charge in [0.05, 0.1) is 11.1 Å². The van der Waals surface area contributed by atoms with Gasteiger partial charge in [0.15, 0.2) is 0 Å². The van der Waals surface area contributed by atoms with E-state index in [-0.39, 0.29) is 17.8 Å². The molecule has 1 heterocycles. The molecule has 0 bridgehead atoms. The Kier molecular flexibility index (Phi) is 4.59. The predicted octanol–water partition coefficient (Wildman–Crippen LogP) is 2.32. The van der Waals surface area contributed by atoms with Crippen LogP contribution in [-0.2, 0) is 11.3 Å². The summed E-state index contributed by atoms with van der Waals surface area (Å²) in [6.45, 7) is 5.02. The van der Waals surface area contributed by atoms with E-state index < -0.39 is 16.4 Å². The smallest absolute Gasteiger partial charge is 0.288 e. The van der Waals surface area contributed by atoms with Crippen molar-refractivity contribution < 1.29 is 9.72 Å². The Labute approximate surface area is 132 Å². The summed E-state index contributed by atoms with van der Waals surface area (Å²) >= 11 is 0. The number of hydrogen-bond acceptors (Lipinski definition) is 4. The van der Waals surface area contributed by atoms with Crippen LogP contribution in [0, 0.1) is 30.9 Å². The minimum Gasteiger partial charge on any atom is -0.324 e. The Morgan fingerprint density at radius 1 is 1.22 bits per heavy atom. The number of aromatic nitrogens is 1. The molecule has 1 aromatic carbocycles. The molecule has 120 valence electrons. The van der Waals surface area contributed by atoms with Gasteiger partial charge in [-0.15, -0.1) is 0 Å². The van der Waals surface area contributed by atoms with Crippen LogP contribution in [0.4, 0.5) is 11.4 Å². The molecular weight excluding hydrogens is 298 g/mol. The van der Waals surface area contributed by atoms with Gasteiger partial charge in [-0.25, -0.2) is 0 Å². The first-order valence-electron chi connectivity index (χ1n) is 7.00. The molecular formula is C16H17N3O4. The largest absolute Gasteiger partial charge is 0.324 e. The molecule has 0 aliphatic heterocycles. The minimum atomic E-state index is -0.576. The van der Waals surface area contributed by atoms with E-state index in [1.54, 1.807) is 6.07 Å². The van der Waals surface area contributed by atoms with Crippen molar-refractivity contribution in [2.45, 2.75) is 27.3 Å². The fourth-order valence-electron chi connectivity index (χ4n) is 2.27. The molecule has 0 saturated heterocycles. The lowest BCUT2D eigenvalue weighted by Crippen LogP contribution is -2.27. The Bertz CT molecular complexity index is 840. The second kappa shape index (κ2) is 6.43. The molecule has 2 aromatic rings. The molecule has 1 aromatic heterocycles. The molecule has 0 atom stereocenters. The molecule has 0 unspecified atom stereocenters. The van der Waals surface area contributed by atoms with Crippen molar-refractivity contribution in [1.29, 1.82) is 0 Å². The number of carbonyl (C=O) groups is 1. The molecule has 0 radical (unpaired) electrons. The summed E-state index contributed by atoms with van der Waals surface area (Å²) < 4.78 is 1.03. The maximum absolute atomic E-state index is 12.1. The van der Waals surface area contributed by atoms with Crippen molar-refractivity contribution in [1.82, 2.24) is 4.57 Å². The Morgan fingerprint density at radius 2 is 1.91 bits per heavy atom. The summed E-state index contributed by atoms with van der Waals surface area (Å²) in [5.41, 5.74) is 2.25. The maximum atomic E-state index is 12.1. The zero-order chi connectivity index (χ0) is 17.1. The van der Waals surface area contributed by atoms with E-state index in [0.717, 1.165) is 28.0 Å². The zero-order valence-electron chi connectivity index (χ0n) is 13.1. The Balaban J connectivity index is 2.22. The molecule has 0 aliphatic carbocycles. The fraction of sp³-hybridized carbons (Fsp3) is 0.250. The van der Waals surface area contributed by atoms with Gasteiger partial charge in [0.1, 0.15) is 6.54 Å². The van der Waals surface area contributed by atoms with E-state index in [1.807, 2.05) is 26.0 Å². The van der Waals surface area contributed by atoms with Crippen molar-refractivity contribution in [2.24, 2.45) is 0 Å². The minimum absolute atomic E-state index is 0.191. The predicted molar refractivity (Wildman–Crippen MR) is 86.6 cm³/mol. The molecule has 23 heavy (non-hydrogen) atoms. The first-order valence-corrected chi connectivity index (χ1v) is 7.00.